The van der Waals surface area contributed by atoms with Crippen molar-refractivity contribution >= 4 is 17.9 Å². The van der Waals surface area contributed by atoms with Gasteiger partial charge in [0.1, 0.15) is 13.2 Å². The van der Waals surface area contributed by atoms with Gasteiger partial charge in [-0.3, -0.25) is 14.4 Å². The summed E-state index contributed by atoms with van der Waals surface area (Å²) >= 11 is 0. The summed E-state index contributed by atoms with van der Waals surface area (Å²) in [5, 5.41) is 0. The lowest BCUT2D eigenvalue weighted by atomic mass is 10.1. The van der Waals surface area contributed by atoms with E-state index in [0.29, 0.717) is 19.3 Å². The van der Waals surface area contributed by atoms with Crippen molar-refractivity contribution in [3.63, 3.8) is 0 Å². The molecule has 0 aliphatic heterocycles. The monoisotopic (exact) mass is 971 g/mol. The summed E-state index contributed by atoms with van der Waals surface area (Å²) in [4.78, 5) is 38.0. The normalized spacial score (nSPS) is 12.9. The second kappa shape index (κ2) is 57.6. The quantitative estimate of drug-likeness (QED) is 0.0262. The molecule has 0 saturated heterocycles. The van der Waals surface area contributed by atoms with Crippen LogP contribution in [0.25, 0.3) is 0 Å². The van der Waals surface area contributed by atoms with Crippen LogP contribution in [0.1, 0.15) is 258 Å². The predicted molar refractivity (Wildman–Crippen MR) is 302 cm³/mol. The first-order chi connectivity index (χ1) is 34.5. The van der Waals surface area contributed by atoms with E-state index in [4.69, 9.17) is 14.2 Å². The molecule has 1 unspecified atom stereocenters. The number of rotatable bonds is 51. The Morgan fingerprint density at radius 2 is 0.557 bits per heavy atom. The molecule has 70 heavy (non-hydrogen) atoms. The van der Waals surface area contributed by atoms with Crippen LogP contribution in [0.5, 0.6) is 0 Å². The summed E-state index contributed by atoms with van der Waals surface area (Å²) in [6, 6.07) is 0. The molecule has 0 rings (SSSR count). The van der Waals surface area contributed by atoms with Crippen LogP contribution in [-0.2, 0) is 28.6 Å². The minimum atomic E-state index is -0.792. The molecule has 398 valence electrons. The van der Waals surface area contributed by atoms with Crippen LogP contribution in [-0.4, -0.2) is 37.2 Å². The number of allylic oxidation sites excluding steroid dienone is 18. The predicted octanol–water partition coefficient (Wildman–Crippen LogP) is 19.5. The van der Waals surface area contributed by atoms with Gasteiger partial charge in [0.25, 0.3) is 0 Å². The van der Waals surface area contributed by atoms with Gasteiger partial charge in [0.05, 0.1) is 0 Å². The Balaban J connectivity index is 4.31. The van der Waals surface area contributed by atoms with Gasteiger partial charge in [0.2, 0.25) is 0 Å². The highest BCUT2D eigenvalue weighted by Gasteiger charge is 2.19. The average Bonchev–Trinajstić information content (AvgIpc) is 3.36. The largest absolute Gasteiger partial charge is 0.462 e. The lowest BCUT2D eigenvalue weighted by molar-refractivity contribution is -0.167. The fourth-order valence-corrected chi connectivity index (χ4v) is 7.69. The van der Waals surface area contributed by atoms with Crippen molar-refractivity contribution < 1.29 is 28.6 Å². The molecular formula is C64H106O6. The smallest absolute Gasteiger partial charge is 0.306 e. The maximum absolute atomic E-state index is 12.8. The highest BCUT2D eigenvalue weighted by molar-refractivity contribution is 5.71. The van der Waals surface area contributed by atoms with Crippen LogP contribution in [0.2, 0.25) is 0 Å². The maximum atomic E-state index is 12.8. The molecule has 0 saturated carbocycles. The van der Waals surface area contributed by atoms with Crippen molar-refractivity contribution in [1.29, 1.82) is 0 Å². The number of hydrogen-bond donors (Lipinski definition) is 0. The Bertz CT molecular complexity index is 1440. The first kappa shape index (κ1) is 66.1. The molecule has 1 atom stereocenters. The summed E-state index contributed by atoms with van der Waals surface area (Å²) < 4.78 is 16.8. The van der Waals surface area contributed by atoms with Crippen molar-refractivity contribution in [3.05, 3.63) is 109 Å². The molecule has 6 heteroatoms. The summed E-state index contributed by atoms with van der Waals surface area (Å²) in [7, 11) is 0. The summed E-state index contributed by atoms with van der Waals surface area (Å²) in [5.41, 5.74) is 0. The van der Waals surface area contributed by atoms with Gasteiger partial charge in [-0.2, -0.15) is 0 Å². The van der Waals surface area contributed by atoms with Gasteiger partial charge in [-0.1, -0.05) is 239 Å². The molecule has 0 N–H and O–H groups in total. The van der Waals surface area contributed by atoms with Crippen LogP contribution in [0.4, 0.5) is 0 Å². The standard InChI is InChI=1S/C64H106O6/c1-4-7-10-13-16-19-22-24-25-26-27-28-29-30-31-32-33-34-35-36-37-38-39-40-43-45-48-51-54-57-63(66)69-60-61(59-68-62(65)56-53-50-47-44-41-21-18-15-12-9-6-3)70-64(67)58-55-52-49-46-42-23-20-17-14-11-8-5-2/h7,10,16-17,19-20,24-25,27-28,30-31,33-34,36-37,39-40,61H,4-6,8-9,11-15,18,21-23,26,29,32,35,38,41-60H2,1-3H3/b10-7-,19-16-,20-17-,25-24-,28-27-,31-30-,34-33-,37-36-,40-39-. The van der Waals surface area contributed by atoms with Gasteiger partial charge < -0.3 is 14.2 Å². The fraction of sp³-hybridized carbons (Fsp3) is 0.672. The first-order valence-corrected chi connectivity index (χ1v) is 28.9. The van der Waals surface area contributed by atoms with E-state index in [9.17, 15) is 14.4 Å². The molecule has 0 radical (unpaired) electrons. The lowest BCUT2D eigenvalue weighted by Gasteiger charge is -2.18. The summed E-state index contributed by atoms with van der Waals surface area (Å²) in [5.74, 6) is -0.925. The zero-order valence-corrected chi connectivity index (χ0v) is 45.5. The van der Waals surface area contributed by atoms with Crippen LogP contribution in [0.15, 0.2) is 109 Å². The van der Waals surface area contributed by atoms with E-state index in [2.05, 4.69) is 130 Å². The third-order valence-electron chi connectivity index (χ3n) is 12.0. The number of carbonyl (C=O) groups is 3. The summed E-state index contributed by atoms with van der Waals surface area (Å²) in [6.07, 6.45) is 78.0. The van der Waals surface area contributed by atoms with Crippen LogP contribution >= 0.6 is 0 Å². The zero-order chi connectivity index (χ0) is 50.7. The third kappa shape index (κ3) is 55.0. The van der Waals surface area contributed by atoms with Crippen molar-refractivity contribution in [1.82, 2.24) is 0 Å². The minimum absolute atomic E-state index is 0.0887. The van der Waals surface area contributed by atoms with Gasteiger partial charge in [-0.25, -0.2) is 0 Å². The Hall–Kier alpha value is -3.93. The highest BCUT2D eigenvalue weighted by atomic mass is 16.6. The number of esters is 3. The fourth-order valence-electron chi connectivity index (χ4n) is 7.69. The SMILES string of the molecule is CC/C=C\C/C=C\C/C=C\C/C=C\C/C=C\C/C=C\C/C=C\C/C=C\CCCCCCC(=O)OCC(COC(=O)CCCCCCCCCCCCC)OC(=O)CCCCCCC/C=C\CCCCC. The third-order valence-corrected chi connectivity index (χ3v) is 12.0. The molecule has 0 spiro atoms. The van der Waals surface area contributed by atoms with Crippen molar-refractivity contribution in [3.8, 4) is 0 Å². The second-order valence-corrected chi connectivity index (χ2v) is 18.8. The molecule has 6 nitrogen and oxygen atoms in total. The molecule has 0 bridgehead atoms. The molecule has 0 aromatic rings. The molecule has 0 aliphatic carbocycles. The Morgan fingerprint density at radius 1 is 0.300 bits per heavy atom. The molecule has 0 aliphatic rings. The highest BCUT2D eigenvalue weighted by Crippen LogP contribution is 2.14. The second-order valence-electron chi connectivity index (χ2n) is 18.8. The first-order valence-electron chi connectivity index (χ1n) is 28.9. The van der Waals surface area contributed by atoms with Crippen molar-refractivity contribution in [2.75, 3.05) is 13.2 Å². The Morgan fingerprint density at radius 3 is 0.914 bits per heavy atom. The van der Waals surface area contributed by atoms with Crippen LogP contribution in [0.3, 0.4) is 0 Å². The maximum Gasteiger partial charge on any atom is 0.306 e. The van der Waals surface area contributed by atoms with E-state index in [0.717, 1.165) is 135 Å². The van der Waals surface area contributed by atoms with Crippen LogP contribution < -0.4 is 0 Å². The molecule has 0 aromatic carbocycles. The molecule has 0 fully saturated rings. The molecule has 0 heterocycles. The topological polar surface area (TPSA) is 78.9 Å². The molecule has 0 aromatic heterocycles. The van der Waals surface area contributed by atoms with E-state index in [-0.39, 0.29) is 31.1 Å². The van der Waals surface area contributed by atoms with Crippen LogP contribution in [0, 0.1) is 0 Å². The number of ether oxygens (including phenoxy) is 3. The van der Waals surface area contributed by atoms with E-state index in [1.807, 2.05) is 0 Å². The zero-order valence-electron chi connectivity index (χ0n) is 45.5. The van der Waals surface area contributed by atoms with E-state index in [1.54, 1.807) is 0 Å². The number of unbranched alkanes of at least 4 members (excludes halogenated alkanes) is 22. The number of hydrogen-bond acceptors (Lipinski definition) is 6. The Kier molecular flexibility index (Phi) is 54.4. The molecule has 0 amide bonds. The van der Waals surface area contributed by atoms with Gasteiger partial charge in [-0.15, -0.1) is 0 Å². The average molecular weight is 972 g/mol. The van der Waals surface area contributed by atoms with Gasteiger partial charge >= 0.3 is 17.9 Å². The summed E-state index contributed by atoms with van der Waals surface area (Å²) in [6.45, 7) is 6.46. The lowest BCUT2D eigenvalue weighted by Crippen LogP contribution is -2.30. The van der Waals surface area contributed by atoms with Gasteiger partial charge in [-0.05, 0) is 109 Å². The molecular weight excluding hydrogens is 865 g/mol. The van der Waals surface area contributed by atoms with E-state index < -0.39 is 6.10 Å². The van der Waals surface area contributed by atoms with Crippen molar-refractivity contribution in [2.45, 2.75) is 264 Å². The van der Waals surface area contributed by atoms with E-state index in [1.165, 1.54) is 83.5 Å². The Labute approximate surface area is 431 Å². The van der Waals surface area contributed by atoms with Crippen molar-refractivity contribution in [2.24, 2.45) is 0 Å². The van der Waals surface area contributed by atoms with E-state index >= 15 is 0 Å². The van der Waals surface area contributed by atoms with Gasteiger partial charge in [0, 0.05) is 19.3 Å². The minimum Gasteiger partial charge on any atom is -0.462 e. The van der Waals surface area contributed by atoms with Gasteiger partial charge in [0.15, 0.2) is 6.10 Å². The number of carbonyl (C=O) groups excluding carboxylic acids is 3.